The maximum absolute atomic E-state index is 12.7. The number of aliphatic hydroxyl groups excluding tert-OH is 1. The van der Waals surface area contributed by atoms with Crippen molar-refractivity contribution < 1.29 is 29.3 Å². The maximum atomic E-state index is 12.7. The number of fused-ring (bicyclic) bond motifs is 3. The molecule has 4 rings (SSSR count). The van der Waals surface area contributed by atoms with Crippen LogP contribution >= 0.6 is 0 Å². The molecule has 0 bridgehead atoms. The largest absolute Gasteiger partial charge is 0.480 e. The Balaban J connectivity index is 1.36. The maximum Gasteiger partial charge on any atom is 0.407 e. The molecular formula is C27H32N2O6. The van der Waals surface area contributed by atoms with Crippen molar-refractivity contribution in [2.45, 2.75) is 50.5 Å². The zero-order chi connectivity index (χ0) is 24.8. The molecule has 2 aliphatic rings. The van der Waals surface area contributed by atoms with Crippen molar-refractivity contribution in [2.24, 2.45) is 5.41 Å². The van der Waals surface area contributed by atoms with E-state index in [0.717, 1.165) is 54.4 Å². The van der Waals surface area contributed by atoms with Gasteiger partial charge in [0, 0.05) is 18.9 Å². The van der Waals surface area contributed by atoms with Crippen LogP contribution in [0, 0.1) is 5.41 Å². The number of benzene rings is 2. The SMILES string of the molecule is O=C(CC1(CNC(=O)OCC2c3ccccc3-c3ccccc32)CCCCC1)NC(CO)C(=O)O. The van der Waals surface area contributed by atoms with Crippen molar-refractivity contribution in [1.29, 1.82) is 0 Å². The molecule has 35 heavy (non-hydrogen) atoms. The molecule has 8 heteroatoms. The molecule has 2 amide bonds. The standard InChI is InChI=1S/C27H32N2O6/c30-15-23(25(32)33)29-24(31)14-27(12-6-1-7-13-27)17-28-26(34)35-16-22-20-10-4-2-8-18(20)19-9-3-5-11-21(19)22/h2-5,8-11,22-23,30H,1,6-7,12-17H2,(H,28,34)(H,29,31)(H,32,33). The third-order valence-electron chi connectivity index (χ3n) is 7.22. The van der Waals surface area contributed by atoms with E-state index in [1.807, 2.05) is 24.3 Å². The van der Waals surface area contributed by atoms with Crippen LogP contribution in [0.3, 0.4) is 0 Å². The van der Waals surface area contributed by atoms with E-state index in [-0.39, 0.29) is 25.5 Å². The van der Waals surface area contributed by atoms with Crippen LogP contribution in [0.5, 0.6) is 0 Å². The molecule has 186 valence electrons. The highest BCUT2D eigenvalue weighted by Crippen LogP contribution is 2.44. The number of ether oxygens (including phenoxy) is 1. The number of carboxylic acid groups (broad SMARTS) is 1. The summed E-state index contributed by atoms with van der Waals surface area (Å²) in [6.45, 7) is -0.190. The van der Waals surface area contributed by atoms with E-state index in [0.29, 0.717) is 0 Å². The Kier molecular flexibility index (Phi) is 7.70. The van der Waals surface area contributed by atoms with E-state index < -0.39 is 36.0 Å². The highest BCUT2D eigenvalue weighted by Gasteiger charge is 2.36. The second kappa shape index (κ2) is 10.9. The fourth-order valence-electron chi connectivity index (χ4n) is 5.40. The molecule has 1 unspecified atom stereocenters. The fourth-order valence-corrected chi connectivity index (χ4v) is 5.40. The minimum absolute atomic E-state index is 0.0333. The number of carboxylic acids is 1. The molecule has 1 fully saturated rings. The smallest absolute Gasteiger partial charge is 0.407 e. The predicted molar refractivity (Wildman–Crippen MR) is 130 cm³/mol. The van der Waals surface area contributed by atoms with Gasteiger partial charge in [-0.25, -0.2) is 9.59 Å². The number of aliphatic carboxylic acids is 1. The molecular weight excluding hydrogens is 448 g/mol. The zero-order valence-electron chi connectivity index (χ0n) is 19.7. The van der Waals surface area contributed by atoms with Gasteiger partial charge in [0.1, 0.15) is 12.6 Å². The van der Waals surface area contributed by atoms with Gasteiger partial charge < -0.3 is 25.6 Å². The summed E-state index contributed by atoms with van der Waals surface area (Å²) < 4.78 is 5.63. The zero-order valence-corrected chi connectivity index (χ0v) is 19.7. The van der Waals surface area contributed by atoms with E-state index in [2.05, 4.69) is 34.9 Å². The van der Waals surface area contributed by atoms with Crippen LogP contribution in [-0.2, 0) is 14.3 Å². The molecule has 0 saturated heterocycles. The van der Waals surface area contributed by atoms with Gasteiger partial charge in [-0.15, -0.1) is 0 Å². The summed E-state index contributed by atoms with van der Waals surface area (Å²) in [5.74, 6) is -1.76. The Hall–Kier alpha value is -3.39. The lowest BCUT2D eigenvalue weighted by Gasteiger charge is -2.37. The molecule has 4 N–H and O–H groups in total. The number of carbonyl (C=O) groups excluding carboxylic acids is 2. The summed E-state index contributed by atoms with van der Waals surface area (Å²) in [6, 6.07) is 14.9. The fraction of sp³-hybridized carbons (Fsp3) is 0.444. The average molecular weight is 481 g/mol. The molecule has 0 aromatic heterocycles. The molecule has 0 heterocycles. The Bertz CT molecular complexity index is 1030. The number of aliphatic hydroxyl groups is 1. The van der Waals surface area contributed by atoms with Crippen LogP contribution < -0.4 is 10.6 Å². The van der Waals surface area contributed by atoms with Gasteiger partial charge in [0.15, 0.2) is 0 Å². The van der Waals surface area contributed by atoms with Gasteiger partial charge in [-0.3, -0.25) is 4.79 Å². The van der Waals surface area contributed by atoms with Gasteiger partial charge in [-0.1, -0.05) is 67.8 Å². The Morgan fingerprint density at radius 2 is 1.57 bits per heavy atom. The Morgan fingerprint density at radius 1 is 0.971 bits per heavy atom. The van der Waals surface area contributed by atoms with Gasteiger partial charge in [0.25, 0.3) is 0 Å². The van der Waals surface area contributed by atoms with E-state index in [4.69, 9.17) is 9.84 Å². The summed E-state index contributed by atoms with van der Waals surface area (Å²) in [5.41, 5.74) is 4.13. The van der Waals surface area contributed by atoms with Gasteiger partial charge >= 0.3 is 12.1 Å². The summed E-state index contributed by atoms with van der Waals surface area (Å²) in [6.07, 6.45) is 3.98. The van der Waals surface area contributed by atoms with Crippen LogP contribution in [0.25, 0.3) is 11.1 Å². The summed E-state index contributed by atoms with van der Waals surface area (Å²) in [5, 5.41) is 23.5. The molecule has 0 spiro atoms. The van der Waals surface area contributed by atoms with Gasteiger partial charge in [-0.05, 0) is 40.5 Å². The first-order valence-corrected chi connectivity index (χ1v) is 12.1. The van der Waals surface area contributed by atoms with E-state index in [9.17, 15) is 19.5 Å². The monoisotopic (exact) mass is 480 g/mol. The summed E-state index contributed by atoms with van der Waals surface area (Å²) in [7, 11) is 0. The molecule has 1 atom stereocenters. The van der Waals surface area contributed by atoms with Crippen molar-refractivity contribution in [2.75, 3.05) is 19.8 Å². The number of rotatable bonds is 9. The number of amides is 2. The minimum atomic E-state index is -1.33. The lowest BCUT2D eigenvalue weighted by Crippen LogP contribution is -2.47. The number of nitrogens with one attached hydrogen (secondary N) is 2. The van der Waals surface area contributed by atoms with Crippen LogP contribution in [-0.4, -0.2) is 54.0 Å². The number of alkyl carbamates (subject to hydrolysis) is 1. The number of hydrogen-bond acceptors (Lipinski definition) is 5. The predicted octanol–water partition coefficient (Wildman–Crippen LogP) is 3.43. The van der Waals surface area contributed by atoms with Crippen LogP contribution in [0.2, 0.25) is 0 Å². The lowest BCUT2D eigenvalue weighted by atomic mass is 9.71. The number of hydrogen-bond donors (Lipinski definition) is 4. The van der Waals surface area contributed by atoms with E-state index >= 15 is 0 Å². The third-order valence-corrected chi connectivity index (χ3v) is 7.22. The molecule has 2 aliphatic carbocycles. The van der Waals surface area contributed by atoms with Gasteiger partial charge in [-0.2, -0.15) is 0 Å². The highest BCUT2D eigenvalue weighted by molar-refractivity contribution is 5.84. The van der Waals surface area contributed by atoms with E-state index in [1.54, 1.807) is 0 Å². The van der Waals surface area contributed by atoms with Crippen molar-refractivity contribution in [3.8, 4) is 11.1 Å². The third kappa shape index (κ3) is 5.65. The lowest BCUT2D eigenvalue weighted by molar-refractivity contribution is -0.143. The normalized spacial score (nSPS) is 17.1. The first-order chi connectivity index (χ1) is 16.9. The van der Waals surface area contributed by atoms with Crippen molar-refractivity contribution in [3.63, 3.8) is 0 Å². The van der Waals surface area contributed by atoms with E-state index in [1.165, 1.54) is 0 Å². The van der Waals surface area contributed by atoms with Crippen LogP contribution in [0.15, 0.2) is 48.5 Å². The quantitative estimate of drug-likeness (QED) is 0.436. The average Bonchev–Trinajstić information content (AvgIpc) is 3.19. The molecule has 8 nitrogen and oxygen atoms in total. The van der Waals surface area contributed by atoms with Gasteiger partial charge in [0.2, 0.25) is 5.91 Å². The Labute approximate surface area is 204 Å². The van der Waals surface area contributed by atoms with Crippen molar-refractivity contribution in [1.82, 2.24) is 10.6 Å². The van der Waals surface area contributed by atoms with Gasteiger partial charge in [0.05, 0.1) is 6.61 Å². The second-order valence-corrected chi connectivity index (χ2v) is 9.56. The molecule has 1 saturated carbocycles. The second-order valence-electron chi connectivity index (χ2n) is 9.56. The molecule has 0 aliphatic heterocycles. The summed E-state index contributed by atoms with van der Waals surface area (Å²) >= 11 is 0. The topological polar surface area (TPSA) is 125 Å². The first kappa shape index (κ1) is 24.7. The molecule has 0 radical (unpaired) electrons. The minimum Gasteiger partial charge on any atom is -0.480 e. The Morgan fingerprint density at radius 3 is 2.14 bits per heavy atom. The molecule has 2 aromatic rings. The highest BCUT2D eigenvalue weighted by atomic mass is 16.5. The molecule has 2 aromatic carbocycles. The first-order valence-electron chi connectivity index (χ1n) is 12.1. The van der Waals surface area contributed by atoms with Crippen molar-refractivity contribution >= 4 is 18.0 Å². The van der Waals surface area contributed by atoms with Crippen molar-refractivity contribution in [3.05, 3.63) is 59.7 Å². The van der Waals surface area contributed by atoms with Crippen LogP contribution in [0.4, 0.5) is 4.79 Å². The summed E-state index contributed by atoms with van der Waals surface area (Å²) in [4.78, 5) is 36.3. The van der Waals surface area contributed by atoms with Crippen LogP contribution in [0.1, 0.15) is 55.6 Å². The number of carbonyl (C=O) groups is 3.